The number of halogens is 4. The molecular weight excluding hydrogens is 580 g/mol. The second-order valence-electron chi connectivity index (χ2n) is 10.1. The number of fused-ring (bicyclic) bond motifs is 6. The lowest BCUT2D eigenvalue weighted by molar-refractivity contribution is 0.294. The van der Waals surface area contributed by atoms with E-state index in [1.807, 2.05) is 20.8 Å². The average molecular weight is 613 g/mol. The van der Waals surface area contributed by atoms with Crippen molar-refractivity contribution in [2.24, 2.45) is 0 Å². The molecule has 0 saturated heterocycles. The molecule has 0 bridgehead atoms. The third-order valence-electron chi connectivity index (χ3n) is 6.93. The van der Waals surface area contributed by atoms with Gasteiger partial charge in [0.2, 0.25) is 23.3 Å². The summed E-state index contributed by atoms with van der Waals surface area (Å²) in [6, 6.07) is 12.3. The number of furan rings is 2. The molecule has 0 aliphatic carbocycles. The van der Waals surface area contributed by atoms with Gasteiger partial charge in [-0.1, -0.05) is 27.2 Å². The van der Waals surface area contributed by atoms with E-state index in [-0.39, 0.29) is 39.6 Å². The van der Waals surface area contributed by atoms with E-state index >= 15 is 0 Å². The molecular formula is C34H32F4O6. The molecule has 0 amide bonds. The van der Waals surface area contributed by atoms with Crippen molar-refractivity contribution in [1.82, 2.24) is 0 Å². The van der Waals surface area contributed by atoms with E-state index in [4.69, 9.17) is 23.0 Å². The Morgan fingerprint density at radius 1 is 0.500 bits per heavy atom. The maximum absolute atomic E-state index is 14.6. The Balaban J connectivity index is 0.000000177. The summed E-state index contributed by atoms with van der Waals surface area (Å²) < 4.78 is 83.9. The molecule has 0 radical (unpaired) electrons. The fraction of sp³-hybridized carbons (Fsp3) is 0.294. The minimum Gasteiger partial charge on any atom is -0.505 e. The van der Waals surface area contributed by atoms with Crippen molar-refractivity contribution < 1.29 is 45.7 Å². The molecule has 0 aliphatic rings. The van der Waals surface area contributed by atoms with Gasteiger partial charge in [0.1, 0.15) is 0 Å². The smallest absolute Gasteiger partial charge is 0.208 e. The van der Waals surface area contributed by atoms with Crippen LogP contribution in [-0.4, -0.2) is 24.9 Å². The molecule has 0 unspecified atom stereocenters. The van der Waals surface area contributed by atoms with Gasteiger partial charge in [-0.3, -0.25) is 0 Å². The molecule has 0 saturated carbocycles. The largest absolute Gasteiger partial charge is 0.505 e. The highest BCUT2D eigenvalue weighted by atomic mass is 19.1. The van der Waals surface area contributed by atoms with E-state index in [9.17, 15) is 22.7 Å². The van der Waals surface area contributed by atoms with Gasteiger partial charge in [0.15, 0.2) is 45.3 Å². The minimum absolute atomic E-state index is 0.00297. The van der Waals surface area contributed by atoms with Crippen molar-refractivity contribution in [2.45, 2.75) is 46.5 Å². The summed E-state index contributed by atoms with van der Waals surface area (Å²) in [6.07, 6.45) is 3.31. The lowest BCUT2D eigenvalue weighted by atomic mass is 10.1. The van der Waals surface area contributed by atoms with Crippen molar-refractivity contribution in [2.75, 3.05) is 19.8 Å². The predicted molar refractivity (Wildman–Crippen MR) is 161 cm³/mol. The monoisotopic (exact) mass is 612 g/mol. The highest BCUT2D eigenvalue weighted by molar-refractivity contribution is 6.07. The van der Waals surface area contributed by atoms with Crippen molar-refractivity contribution in [3.05, 3.63) is 71.8 Å². The Labute approximate surface area is 250 Å². The first kappa shape index (κ1) is 30.8. The van der Waals surface area contributed by atoms with Gasteiger partial charge < -0.3 is 28.2 Å². The number of ether oxygens (including phenoxy) is 3. The van der Waals surface area contributed by atoms with Crippen molar-refractivity contribution in [3.8, 4) is 23.0 Å². The van der Waals surface area contributed by atoms with Crippen LogP contribution in [0.4, 0.5) is 17.6 Å². The summed E-state index contributed by atoms with van der Waals surface area (Å²) in [5, 5.41) is 11.2. The molecule has 232 valence electrons. The van der Waals surface area contributed by atoms with E-state index in [2.05, 4.69) is 0 Å². The molecule has 6 nitrogen and oxygen atoms in total. The molecule has 10 heteroatoms. The standard InChI is InChI=1S/C19H20F2O3.C15H12F2O3/c1-3-5-11-23-15-9-7-13-12-6-8-14(22-10-4-2)16(20)18(12)24-19(13)17(15)21;1-2-7-19-11-6-4-9-8-3-5-10(18)12(16)14(8)20-15(9)13(11)17/h6-9H,3-5,10-11H2,1-2H3;3-6,18H,2,7H2,1H3. The first-order valence-corrected chi connectivity index (χ1v) is 14.5. The normalized spacial score (nSPS) is 11.3. The Bertz CT molecular complexity index is 1930. The molecule has 0 spiro atoms. The predicted octanol–water partition coefficient (Wildman–Crippen LogP) is 10.2. The molecule has 2 heterocycles. The van der Waals surface area contributed by atoms with Crippen LogP contribution in [0, 0.1) is 23.3 Å². The number of rotatable bonds is 10. The molecule has 4 aromatic carbocycles. The van der Waals surface area contributed by atoms with Crippen molar-refractivity contribution >= 4 is 43.9 Å². The molecule has 6 rings (SSSR count). The van der Waals surface area contributed by atoms with Gasteiger partial charge in [-0.05, 0) is 67.8 Å². The minimum atomic E-state index is -0.894. The van der Waals surface area contributed by atoms with Gasteiger partial charge in [0.25, 0.3) is 0 Å². The lowest BCUT2D eigenvalue weighted by Gasteiger charge is -2.06. The molecule has 0 aliphatic heterocycles. The summed E-state index contributed by atoms with van der Waals surface area (Å²) in [5.74, 6) is -2.98. The van der Waals surface area contributed by atoms with Crippen LogP contribution in [0.1, 0.15) is 46.5 Å². The Morgan fingerprint density at radius 3 is 1.25 bits per heavy atom. The van der Waals surface area contributed by atoms with Gasteiger partial charge in [-0.2, -0.15) is 17.6 Å². The fourth-order valence-corrected chi connectivity index (χ4v) is 4.70. The van der Waals surface area contributed by atoms with E-state index in [0.717, 1.165) is 25.7 Å². The zero-order valence-corrected chi connectivity index (χ0v) is 24.6. The maximum Gasteiger partial charge on any atom is 0.208 e. The van der Waals surface area contributed by atoms with Crippen LogP contribution in [0.5, 0.6) is 23.0 Å². The summed E-state index contributed by atoms with van der Waals surface area (Å²) in [4.78, 5) is 0. The van der Waals surface area contributed by atoms with E-state index in [0.29, 0.717) is 41.4 Å². The van der Waals surface area contributed by atoms with Crippen LogP contribution in [0.25, 0.3) is 43.9 Å². The quantitative estimate of drug-likeness (QED) is 0.123. The van der Waals surface area contributed by atoms with Crippen LogP contribution in [-0.2, 0) is 0 Å². The second kappa shape index (κ2) is 13.4. The first-order valence-electron chi connectivity index (χ1n) is 14.5. The van der Waals surface area contributed by atoms with Crippen LogP contribution in [0.15, 0.2) is 57.4 Å². The Hall–Kier alpha value is -4.60. The number of aromatic hydroxyl groups is 1. The third-order valence-corrected chi connectivity index (χ3v) is 6.93. The van der Waals surface area contributed by atoms with Gasteiger partial charge in [-0.15, -0.1) is 0 Å². The molecule has 6 aromatic rings. The second-order valence-corrected chi connectivity index (χ2v) is 10.1. The number of phenols is 1. The van der Waals surface area contributed by atoms with E-state index < -0.39 is 29.0 Å². The topological polar surface area (TPSA) is 74.2 Å². The van der Waals surface area contributed by atoms with E-state index in [1.165, 1.54) is 18.2 Å². The molecule has 0 atom stereocenters. The van der Waals surface area contributed by atoms with Gasteiger partial charge in [0.05, 0.1) is 19.8 Å². The molecule has 0 fully saturated rings. The molecule has 44 heavy (non-hydrogen) atoms. The van der Waals surface area contributed by atoms with E-state index in [1.54, 1.807) is 30.3 Å². The van der Waals surface area contributed by atoms with Gasteiger partial charge in [-0.25, -0.2) is 0 Å². The van der Waals surface area contributed by atoms with Crippen LogP contribution >= 0.6 is 0 Å². The van der Waals surface area contributed by atoms with Crippen LogP contribution in [0.2, 0.25) is 0 Å². The zero-order chi connectivity index (χ0) is 31.4. The molecule has 1 N–H and O–H groups in total. The highest BCUT2D eigenvalue weighted by Gasteiger charge is 2.21. The zero-order valence-electron chi connectivity index (χ0n) is 24.6. The summed E-state index contributed by atoms with van der Waals surface area (Å²) in [5.41, 5.74) is -0.224. The van der Waals surface area contributed by atoms with Crippen molar-refractivity contribution in [3.63, 3.8) is 0 Å². The summed E-state index contributed by atoms with van der Waals surface area (Å²) in [6.45, 7) is 7.11. The number of benzene rings is 4. The van der Waals surface area contributed by atoms with Crippen LogP contribution < -0.4 is 14.2 Å². The fourth-order valence-electron chi connectivity index (χ4n) is 4.70. The SMILES string of the molecule is CCCCOc1ccc2c(oc3c(F)c(OCCC)ccc32)c1F.CCCOc1ccc2c(oc3c(F)c(O)ccc32)c1F. The highest BCUT2D eigenvalue weighted by Crippen LogP contribution is 2.39. The van der Waals surface area contributed by atoms with Crippen molar-refractivity contribution in [1.29, 1.82) is 0 Å². The summed E-state index contributed by atoms with van der Waals surface area (Å²) in [7, 11) is 0. The third kappa shape index (κ3) is 5.80. The first-order chi connectivity index (χ1) is 21.3. The average Bonchev–Trinajstić information content (AvgIpc) is 3.60. The Kier molecular flexibility index (Phi) is 9.37. The van der Waals surface area contributed by atoms with Crippen LogP contribution in [0.3, 0.4) is 0 Å². The maximum atomic E-state index is 14.6. The number of phenolic OH excluding ortho intramolecular Hbond substituents is 1. The number of unbranched alkanes of at least 4 members (excludes halogenated alkanes) is 1. The summed E-state index contributed by atoms with van der Waals surface area (Å²) >= 11 is 0. The Morgan fingerprint density at radius 2 is 0.864 bits per heavy atom. The van der Waals surface area contributed by atoms with Gasteiger partial charge >= 0.3 is 0 Å². The van der Waals surface area contributed by atoms with Gasteiger partial charge in [0, 0.05) is 21.5 Å². The molecule has 2 aromatic heterocycles. The lowest BCUT2D eigenvalue weighted by Crippen LogP contribution is -1.98. The number of hydrogen-bond acceptors (Lipinski definition) is 6. The number of hydrogen-bond donors (Lipinski definition) is 1.